The quantitative estimate of drug-likeness (QED) is 0.338. The van der Waals surface area contributed by atoms with E-state index in [1.165, 1.54) is 37.8 Å². The highest BCUT2D eigenvalue weighted by Crippen LogP contribution is 2.38. The fourth-order valence-electron chi connectivity index (χ4n) is 5.25. The number of carbonyl (C=O) groups excluding carboxylic acids is 1. The Morgan fingerprint density at radius 3 is 2.54 bits per heavy atom. The van der Waals surface area contributed by atoms with E-state index in [1.807, 2.05) is 4.90 Å². The van der Waals surface area contributed by atoms with Gasteiger partial charge in [-0.3, -0.25) is 9.54 Å². The Morgan fingerprint density at radius 2 is 1.91 bits per heavy atom. The van der Waals surface area contributed by atoms with Crippen molar-refractivity contribution in [2.45, 2.75) is 63.3 Å². The number of hydrazine groups is 1. The lowest BCUT2D eigenvalue weighted by molar-refractivity contribution is 0.168. The predicted molar refractivity (Wildman–Crippen MR) is 140 cm³/mol. The van der Waals surface area contributed by atoms with E-state index >= 15 is 0 Å². The molecule has 11 heteroatoms. The fraction of sp³-hybridized carbons (Fsp3) is 0.667. The van der Waals surface area contributed by atoms with E-state index in [9.17, 15) is 4.79 Å². The minimum atomic E-state index is 0.0180. The largest absolute Gasteiger partial charge is 0.365 e. The number of amides is 2. The number of nitrogens with zero attached hydrogens (tertiary/aromatic N) is 6. The highest BCUT2D eigenvalue weighted by Gasteiger charge is 2.40. The molecule has 192 valence electrons. The van der Waals surface area contributed by atoms with E-state index in [-0.39, 0.29) is 11.6 Å². The number of piperazine rings is 1. The van der Waals surface area contributed by atoms with Crippen LogP contribution >= 0.6 is 12.2 Å². The molecular formula is C24H38N8O2S. The third-order valence-electron chi connectivity index (χ3n) is 7.62. The van der Waals surface area contributed by atoms with Gasteiger partial charge < -0.3 is 14.7 Å². The summed E-state index contributed by atoms with van der Waals surface area (Å²) in [6.45, 7) is 5.05. The van der Waals surface area contributed by atoms with Crippen LogP contribution in [0.1, 0.15) is 63.5 Å². The fourth-order valence-corrected chi connectivity index (χ4v) is 5.46. The summed E-state index contributed by atoms with van der Waals surface area (Å²) in [6, 6.07) is 2.19. The first-order valence-corrected chi connectivity index (χ1v) is 13.5. The lowest BCUT2D eigenvalue weighted by Crippen LogP contribution is -2.51. The second-order valence-electron chi connectivity index (χ2n) is 10.6. The van der Waals surface area contributed by atoms with Gasteiger partial charge in [-0.05, 0) is 38.7 Å². The first kappa shape index (κ1) is 24.5. The average molecular weight is 503 g/mol. The van der Waals surface area contributed by atoms with Gasteiger partial charge in [0.1, 0.15) is 17.9 Å². The van der Waals surface area contributed by atoms with Crippen LogP contribution in [0.3, 0.4) is 0 Å². The van der Waals surface area contributed by atoms with E-state index in [0.717, 1.165) is 55.2 Å². The number of aromatic nitrogens is 2. The van der Waals surface area contributed by atoms with Crippen molar-refractivity contribution in [3.05, 3.63) is 24.2 Å². The summed E-state index contributed by atoms with van der Waals surface area (Å²) in [5.41, 5.74) is 7.69. The van der Waals surface area contributed by atoms with Crippen LogP contribution in [0.15, 0.2) is 18.5 Å². The molecule has 3 aliphatic rings. The molecule has 0 unspecified atom stereocenters. The molecule has 10 nitrogen and oxygen atoms in total. The number of carbonyl (C=O) groups is 1. The monoisotopic (exact) mass is 502 g/mol. The van der Waals surface area contributed by atoms with Crippen molar-refractivity contribution in [2.24, 2.45) is 5.14 Å². The molecule has 3 fully saturated rings. The van der Waals surface area contributed by atoms with Crippen LogP contribution < -0.4 is 20.6 Å². The van der Waals surface area contributed by atoms with Gasteiger partial charge in [0.05, 0.1) is 5.69 Å². The van der Waals surface area contributed by atoms with Crippen LogP contribution in [0.2, 0.25) is 0 Å². The first-order valence-electron chi connectivity index (χ1n) is 12.7. The standard InChI is InChI=1S/C24H38N8O2S/c1-24(9-10-24)27-32(34-35-25)19-15-20(29-11-13-30(14-12-29)23(33)28(2)3)22-26-16-21(31(22)17-19)18-7-5-4-6-8-18/h15-18,27H,4-14,25H2,1-3H3. The van der Waals surface area contributed by atoms with Crippen molar-refractivity contribution in [1.82, 2.24) is 24.6 Å². The number of hydrogen-bond acceptors (Lipinski definition) is 8. The maximum absolute atomic E-state index is 12.5. The minimum Gasteiger partial charge on any atom is -0.365 e. The molecule has 2 aromatic heterocycles. The number of anilines is 2. The third kappa shape index (κ3) is 5.18. The molecule has 0 aromatic carbocycles. The highest BCUT2D eigenvalue weighted by atomic mass is 32.2. The van der Waals surface area contributed by atoms with Gasteiger partial charge in [-0.1, -0.05) is 19.3 Å². The molecule has 2 saturated carbocycles. The summed E-state index contributed by atoms with van der Waals surface area (Å²) in [4.78, 5) is 23.3. The Labute approximate surface area is 212 Å². The number of imidazole rings is 1. The van der Waals surface area contributed by atoms with Crippen molar-refractivity contribution in [3.63, 3.8) is 0 Å². The van der Waals surface area contributed by atoms with E-state index in [1.54, 1.807) is 24.2 Å². The summed E-state index contributed by atoms with van der Waals surface area (Å²) in [5.74, 6) is 0.517. The van der Waals surface area contributed by atoms with Gasteiger partial charge in [0.25, 0.3) is 0 Å². The maximum atomic E-state index is 12.5. The molecule has 0 atom stereocenters. The van der Waals surface area contributed by atoms with Gasteiger partial charge in [0.15, 0.2) is 5.65 Å². The van der Waals surface area contributed by atoms with Crippen molar-refractivity contribution in [2.75, 3.05) is 50.3 Å². The average Bonchev–Trinajstić information content (AvgIpc) is 3.44. The van der Waals surface area contributed by atoms with E-state index in [4.69, 9.17) is 14.4 Å². The van der Waals surface area contributed by atoms with Gasteiger partial charge in [0.2, 0.25) is 0 Å². The smallest absolute Gasteiger partial charge is 0.319 e. The maximum Gasteiger partial charge on any atom is 0.319 e. The van der Waals surface area contributed by atoms with Crippen LogP contribution in [0.4, 0.5) is 16.2 Å². The molecule has 2 aromatic rings. The number of urea groups is 1. The molecule has 2 amide bonds. The molecule has 35 heavy (non-hydrogen) atoms. The van der Waals surface area contributed by atoms with Gasteiger partial charge >= 0.3 is 6.03 Å². The minimum absolute atomic E-state index is 0.0180. The molecule has 5 rings (SSSR count). The molecule has 1 aliphatic heterocycles. The molecule has 3 N–H and O–H groups in total. The Kier molecular flexibility index (Phi) is 7.02. The Morgan fingerprint density at radius 1 is 1.20 bits per heavy atom. The second-order valence-corrected chi connectivity index (χ2v) is 10.9. The summed E-state index contributed by atoms with van der Waals surface area (Å²) >= 11 is 0.837. The highest BCUT2D eigenvalue weighted by molar-refractivity contribution is 7.92. The first-order chi connectivity index (χ1) is 16.9. The lowest BCUT2D eigenvalue weighted by atomic mass is 9.87. The zero-order chi connectivity index (χ0) is 24.6. The van der Waals surface area contributed by atoms with Crippen molar-refractivity contribution in [1.29, 1.82) is 0 Å². The lowest BCUT2D eigenvalue weighted by Gasteiger charge is -2.37. The summed E-state index contributed by atoms with van der Waals surface area (Å²) in [7, 11) is 3.60. The molecule has 0 spiro atoms. The number of nitrogens with one attached hydrogen (secondary N) is 1. The number of rotatable bonds is 7. The zero-order valence-corrected chi connectivity index (χ0v) is 21.9. The Bertz CT molecular complexity index is 1040. The number of nitrogens with two attached hydrogens (primary N) is 1. The summed E-state index contributed by atoms with van der Waals surface area (Å²) in [6.07, 6.45) is 12.6. The van der Waals surface area contributed by atoms with Gasteiger partial charge in [-0.2, -0.15) is 9.46 Å². The van der Waals surface area contributed by atoms with E-state index < -0.39 is 0 Å². The SMILES string of the molecule is CN(C)C(=O)N1CCN(c2cc(N(NC3(C)CC3)OSN)cn3c(C4CCCCC4)cnc23)CC1. The number of fused-ring (bicyclic) bond motifs is 1. The number of hydrogen-bond donors (Lipinski definition) is 2. The van der Waals surface area contributed by atoms with Crippen LogP contribution in [0.25, 0.3) is 5.65 Å². The van der Waals surface area contributed by atoms with Crippen molar-refractivity contribution >= 4 is 35.3 Å². The number of pyridine rings is 1. The van der Waals surface area contributed by atoms with Crippen LogP contribution in [-0.4, -0.2) is 71.0 Å². The predicted octanol–water partition coefficient (Wildman–Crippen LogP) is 3.50. The van der Waals surface area contributed by atoms with Gasteiger partial charge in [0, 0.05) is 69.8 Å². The molecule has 1 saturated heterocycles. The molecule has 2 aliphatic carbocycles. The molecule has 0 bridgehead atoms. The van der Waals surface area contributed by atoms with Crippen LogP contribution in [0, 0.1) is 0 Å². The van der Waals surface area contributed by atoms with Crippen LogP contribution in [-0.2, 0) is 4.28 Å². The topological polar surface area (TPSA) is 94.6 Å². The van der Waals surface area contributed by atoms with Gasteiger partial charge in [-0.25, -0.2) is 15.2 Å². The van der Waals surface area contributed by atoms with Crippen LogP contribution in [0.5, 0.6) is 0 Å². The Hall–Kier alpha value is -2.21. The second kappa shape index (κ2) is 10.0. The van der Waals surface area contributed by atoms with E-state index in [0.29, 0.717) is 19.0 Å². The third-order valence-corrected chi connectivity index (χ3v) is 7.86. The van der Waals surface area contributed by atoms with Crippen molar-refractivity contribution < 1.29 is 9.08 Å². The molecule has 0 radical (unpaired) electrons. The molecular weight excluding hydrogens is 464 g/mol. The van der Waals surface area contributed by atoms with E-state index in [2.05, 4.69) is 40.1 Å². The zero-order valence-electron chi connectivity index (χ0n) is 21.1. The van der Waals surface area contributed by atoms with Crippen molar-refractivity contribution in [3.8, 4) is 0 Å². The normalized spacial score (nSPS) is 20.3. The summed E-state index contributed by atoms with van der Waals surface area (Å²) < 4.78 is 8.03. The summed E-state index contributed by atoms with van der Waals surface area (Å²) in [5, 5.41) is 7.44. The van der Waals surface area contributed by atoms with Gasteiger partial charge in [-0.15, -0.1) is 0 Å². The molecule has 3 heterocycles. The Balaban J connectivity index is 1.50.